The number of fused-ring (bicyclic) bond motifs is 1. The van der Waals surface area contributed by atoms with Crippen LogP contribution < -0.4 is 0 Å². The molecule has 1 heterocycles. The van der Waals surface area contributed by atoms with Crippen LogP contribution in [0.2, 0.25) is 0 Å². The summed E-state index contributed by atoms with van der Waals surface area (Å²) >= 11 is 3.43. The van der Waals surface area contributed by atoms with E-state index >= 15 is 0 Å². The van der Waals surface area contributed by atoms with E-state index in [1.54, 1.807) is 33.8 Å². The zero-order chi connectivity index (χ0) is 23.7. The van der Waals surface area contributed by atoms with E-state index in [4.69, 9.17) is 14.2 Å². The van der Waals surface area contributed by atoms with Crippen LogP contribution in [0.15, 0.2) is 11.6 Å². The first-order valence-corrected chi connectivity index (χ1v) is 11.5. The maximum Gasteiger partial charge on any atom is 0.417 e. The van der Waals surface area contributed by atoms with Crippen LogP contribution in [0.5, 0.6) is 0 Å². The Labute approximate surface area is 191 Å². The Morgan fingerprint density at radius 3 is 2.35 bits per heavy atom. The molecule has 0 aromatic rings. The fourth-order valence-corrected chi connectivity index (χ4v) is 5.37. The molecule has 8 nitrogen and oxygen atoms in total. The highest BCUT2D eigenvalue weighted by atomic mass is 79.9. The summed E-state index contributed by atoms with van der Waals surface area (Å²) in [5, 5.41) is 0.264. The van der Waals surface area contributed by atoms with Gasteiger partial charge in [-0.3, -0.25) is 14.4 Å². The average molecular weight is 502 g/mol. The average Bonchev–Trinajstić information content (AvgIpc) is 2.97. The van der Waals surface area contributed by atoms with Crippen molar-refractivity contribution in [1.82, 2.24) is 4.90 Å². The van der Waals surface area contributed by atoms with Crippen molar-refractivity contribution in [3.63, 3.8) is 0 Å². The summed E-state index contributed by atoms with van der Waals surface area (Å²) in [6.45, 7) is 10.5. The molecule has 2 rings (SSSR count). The van der Waals surface area contributed by atoms with Gasteiger partial charge in [-0.15, -0.1) is 0 Å². The van der Waals surface area contributed by atoms with Crippen molar-refractivity contribution in [3.05, 3.63) is 11.6 Å². The number of esters is 2. The van der Waals surface area contributed by atoms with E-state index in [2.05, 4.69) is 15.9 Å². The zero-order valence-electron chi connectivity index (χ0n) is 19.2. The molecule has 0 unspecified atom stereocenters. The first-order chi connectivity index (χ1) is 14.4. The van der Waals surface area contributed by atoms with Gasteiger partial charge >= 0.3 is 18.0 Å². The van der Waals surface area contributed by atoms with Crippen LogP contribution >= 0.6 is 15.9 Å². The number of hydrogen-bond donors (Lipinski definition) is 0. The lowest BCUT2D eigenvalue weighted by molar-refractivity contribution is -0.170. The lowest BCUT2D eigenvalue weighted by atomic mass is 9.57. The Kier molecular flexibility index (Phi) is 7.61. The first kappa shape index (κ1) is 25.4. The second-order valence-corrected chi connectivity index (χ2v) is 9.75. The Morgan fingerprint density at radius 2 is 1.87 bits per heavy atom. The largest absolute Gasteiger partial charge is 0.468 e. The number of carbonyl (C=O) groups excluding carboxylic acids is 4. The van der Waals surface area contributed by atoms with Crippen LogP contribution in [-0.4, -0.2) is 59.5 Å². The molecule has 31 heavy (non-hydrogen) atoms. The third-order valence-corrected chi connectivity index (χ3v) is 6.80. The SMILES string of the molecule is CCC(=O)OC[C@H]1C=C(C)[C@@H](C)[C@H]2[C@H](CBr)N(C(=O)OC(C)(C)C)C(=O)[C@]21C(=O)OC. The number of imide groups is 1. The van der Waals surface area contributed by atoms with Gasteiger partial charge in [0.2, 0.25) is 0 Å². The summed E-state index contributed by atoms with van der Waals surface area (Å²) in [6, 6.07) is -0.635. The van der Waals surface area contributed by atoms with Crippen LogP contribution in [0.25, 0.3) is 0 Å². The number of halogens is 1. The monoisotopic (exact) mass is 501 g/mol. The van der Waals surface area contributed by atoms with Gasteiger partial charge in [-0.25, -0.2) is 9.69 Å². The molecule has 0 saturated carbocycles. The van der Waals surface area contributed by atoms with Crippen LogP contribution in [0.3, 0.4) is 0 Å². The van der Waals surface area contributed by atoms with Crippen molar-refractivity contribution in [2.24, 2.45) is 23.2 Å². The Morgan fingerprint density at radius 1 is 1.26 bits per heavy atom. The number of hydrogen-bond acceptors (Lipinski definition) is 7. The quantitative estimate of drug-likeness (QED) is 0.187. The van der Waals surface area contributed by atoms with Crippen molar-refractivity contribution < 1.29 is 33.4 Å². The van der Waals surface area contributed by atoms with E-state index in [1.807, 2.05) is 13.8 Å². The summed E-state index contributed by atoms with van der Waals surface area (Å²) in [4.78, 5) is 53.1. The third-order valence-electron chi connectivity index (χ3n) is 6.13. The van der Waals surface area contributed by atoms with Gasteiger partial charge in [0.05, 0.1) is 19.8 Å². The molecule has 1 fully saturated rings. The minimum atomic E-state index is -1.70. The summed E-state index contributed by atoms with van der Waals surface area (Å²) in [5.41, 5.74) is -1.57. The van der Waals surface area contributed by atoms with Gasteiger partial charge in [0.1, 0.15) is 5.60 Å². The molecule has 0 aromatic carbocycles. The van der Waals surface area contributed by atoms with Crippen LogP contribution in [-0.2, 0) is 28.6 Å². The Bertz CT molecular complexity index is 787. The fourth-order valence-electron chi connectivity index (χ4n) is 4.68. The molecule has 0 spiro atoms. The van der Waals surface area contributed by atoms with Gasteiger partial charge in [0.25, 0.3) is 5.91 Å². The molecule has 0 bridgehead atoms. The lowest BCUT2D eigenvalue weighted by Gasteiger charge is -2.43. The summed E-state index contributed by atoms with van der Waals surface area (Å²) in [7, 11) is 1.21. The van der Waals surface area contributed by atoms with Crippen molar-refractivity contribution in [3.8, 4) is 0 Å². The van der Waals surface area contributed by atoms with Crippen LogP contribution in [0.1, 0.15) is 48.0 Å². The Hall–Kier alpha value is -1.90. The van der Waals surface area contributed by atoms with E-state index in [9.17, 15) is 19.2 Å². The maximum absolute atomic E-state index is 13.9. The summed E-state index contributed by atoms with van der Waals surface area (Å²) in [5.74, 6) is -3.40. The fraction of sp³-hybridized carbons (Fsp3) is 0.727. The second-order valence-electron chi connectivity index (χ2n) is 9.11. The van der Waals surface area contributed by atoms with Gasteiger partial charge in [-0.1, -0.05) is 41.4 Å². The van der Waals surface area contributed by atoms with Gasteiger partial charge < -0.3 is 14.2 Å². The number of amides is 2. The third kappa shape index (κ3) is 4.38. The van der Waals surface area contributed by atoms with Gasteiger partial charge in [0.15, 0.2) is 5.41 Å². The number of allylic oxidation sites excluding steroid dienone is 1. The predicted molar refractivity (Wildman–Crippen MR) is 116 cm³/mol. The number of ether oxygens (including phenoxy) is 3. The molecule has 0 aromatic heterocycles. The van der Waals surface area contributed by atoms with Crippen molar-refractivity contribution >= 4 is 39.9 Å². The van der Waals surface area contributed by atoms with Crippen molar-refractivity contribution in [2.45, 2.75) is 59.6 Å². The normalized spacial score (nSPS) is 30.4. The molecule has 1 saturated heterocycles. The van der Waals surface area contributed by atoms with E-state index in [-0.39, 0.29) is 24.3 Å². The van der Waals surface area contributed by atoms with Gasteiger partial charge in [-0.2, -0.15) is 0 Å². The van der Waals surface area contributed by atoms with E-state index in [1.165, 1.54) is 7.11 Å². The topological polar surface area (TPSA) is 99.2 Å². The molecular formula is C22H32BrNO7. The number of rotatable bonds is 5. The van der Waals surface area contributed by atoms with E-state index < -0.39 is 52.8 Å². The highest BCUT2D eigenvalue weighted by molar-refractivity contribution is 9.09. The first-order valence-electron chi connectivity index (χ1n) is 10.4. The molecular weight excluding hydrogens is 470 g/mol. The minimum absolute atomic E-state index is 0.161. The minimum Gasteiger partial charge on any atom is -0.468 e. The van der Waals surface area contributed by atoms with Gasteiger partial charge in [-0.05, 0) is 33.6 Å². The molecule has 1 aliphatic heterocycles. The summed E-state index contributed by atoms with van der Waals surface area (Å²) in [6.07, 6.45) is 1.15. The van der Waals surface area contributed by atoms with E-state index in [0.29, 0.717) is 0 Å². The standard InChI is InChI=1S/C22H32BrNO7/c1-8-16(25)30-11-14-9-12(2)13(3)17-15(10-23)24(20(28)31-21(4,5)6)18(26)22(14,17)19(27)29-7/h9,13-15,17H,8,10-11H2,1-7H3/t13-,14-,15+,17+,22-/m1/s1. The summed E-state index contributed by atoms with van der Waals surface area (Å²) < 4.78 is 15.9. The smallest absolute Gasteiger partial charge is 0.417 e. The molecule has 174 valence electrons. The van der Waals surface area contributed by atoms with Gasteiger partial charge in [0, 0.05) is 23.6 Å². The molecule has 2 amide bonds. The van der Waals surface area contributed by atoms with Crippen molar-refractivity contribution in [1.29, 1.82) is 0 Å². The number of likely N-dealkylation sites (tertiary alicyclic amines) is 1. The highest BCUT2D eigenvalue weighted by Gasteiger charge is 2.71. The lowest BCUT2D eigenvalue weighted by Crippen LogP contribution is -2.55. The van der Waals surface area contributed by atoms with E-state index in [0.717, 1.165) is 10.5 Å². The number of methoxy groups -OCH3 is 1. The zero-order valence-corrected chi connectivity index (χ0v) is 20.8. The second kappa shape index (κ2) is 9.30. The highest BCUT2D eigenvalue weighted by Crippen LogP contribution is 2.56. The molecule has 0 N–H and O–H groups in total. The number of carbonyl (C=O) groups is 4. The number of nitrogens with zero attached hydrogens (tertiary/aromatic N) is 1. The van der Waals surface area contributed by atoms with Crippen LogP contribution in [0.4, 0.5) is 4.79 Å². The molecule has 1 aliphatic carbocycles. The number of alkyl halides is 1. The maximum atomic E-state index is 13.9. The Balaban J connectivity index is 2.66. The van der Waals surface area contributed by atoms with Crippen LogP contribution in [0, 0.1) is 23.2 Å². The molecule has 0 radical (unpaired) electrons. The molecule has 9 heteroatoms. The molecule has 2 aliphatic rings. The predicted octanol–water partition coefficient (Wildman–Crippen LogP) is 3.47. The molecule has 5 atom stereocenters. The van der Waals surface area contributed by atoms with Crippen molar-refractivity contribution in [2.75, 3.05) is 19.0 Å².